The Bertz CT molecular complexity index is 769. The van der Waals surface area contributed by atoms with Crippen LogP contribution in [0, 0.1) is 6.92 Å². The Morgan fingerprint density at radius 3 is 2.38 bits per heavy atom. The largest absolute Gasteiger partial charge is 0.294 e. The normalized spacial score (nSPS) is 19.8. The zero-order valence-electron chi connectivity index (χ0n) is 12.0. The minimum atomic E-state index is -0.0850. The van der Waals surface area contributed by atoms with Gasteiger partial charge in [0.1, 0.15) is 0 Å². The third kappa shape index (κ3) is 1.86. The van der Waals surface area contributed by atoms with Crippen LogP contribution in [-0.2, 0) is 12.8 Å². The second-order valence-electron chi connectivity index (χ2n) is 6.12. The molecule has 0 N–H and O–H groups in total. The van der Waals surface area contributed by atoms with Crippen molar-refractivity contribution < 1.29 is 9.59 Å². The van der Waals surface area contributed by atoms with Gasteiger partial charge in [0.15, 0.2) is 11.6 Å². The van der Waals surface area contributed by atoms with Gasteiger partial charge >= 0.3 is 0 Å². The highest BCUT2D eigenvalue weighted by atomic mass is 16.1. The number of fused-ring (bicyclic) bond motifs is 2. The smallest absolute Gasteiger partial charge is 0.170 e. The van der Waals surface area contributed by atoms with Crippen LogP contribution < -0.4 is 0 Å². The summed E-state index contributed by atoms with van der Waals surface area (Å²) in [7, 11) is 0. The fraction of sp³-hybridized carbons (Fsp3) is 0.263. The molecule has 21 heavy (non-hydrogen) atoms. The topological polar surface area (TPSA) is 34.1 Å². The Kier molecular flexibility index (Phi) is 2.61. The van der Waals surface area contributed by atoms with Gasteiger partial charge in [-0.1, -0.05) is 29.8 Å². The van der Waals surface area contributed by atoms with Crippen LogP contribution in [0.1, 0.15) is 55.3 Å². The van der Waals surface area contributed by atoms with Crippen LogP contribution in [0.4, 0.5) is 0 Å². The summed E-state index contributed by atoms with van der Waals surface area (Å²) < 4.78 is 0. The molecule has 0 heterocycles. The van der Waals surface area contributed by atoms with Gasteiger partial charge in [-0.25, -0.2) is 0 Å². The Balaban J connectivity index is 1.75. The van der Waals surface area contributed by atoms with E-state index in [0.29, 0.717) is 6.42 Å². The lowest BCUT2D eigenvalue weighted by Crippen LogP contribution is -2.06. The number of rotatable bonds is 1. The molecule has 1 atom stereocenters. The molecule has 2 aliphatic carbocycles. The number of benzene rings is 2. The molecular formula is C19H16O2. The summed E-state index contributed by atoms with van der Waals surface area (Å²) in [5.41, 5.74) is 6.04. The van der Waals surface area contributed by atoms with E-state index in [4.69, 9.17) is 0 Å². The first-order chi connectivity index (χ1) is 10.1. The van der Waals surface area contributed by atoms with Gasteiger partial charge in [0.05, 0.1) is 5.92 Å². The monoisotopic (exact) mass is 276 g/mol. The molecule has 0 saturated carbocycles. The van der Waals surface area contributed by atoms with Gasteiger partial charge in [-0.3, -0.25) is 9.59 Å². The van der Waals surface area contributed by atoms with Crippen molar-refractivity contribution in [3.05, 3.63) is 69.8 Å². The molecule has 2 heteroatoms. The molecule has 1 unspecified atom stereocenters. The molecule has 2 aliphatic rings. The third-order valence-corrected chi connectivity index (χ3v) is 4.74. The molecule has 0 fully saturated rings. The Labute approximate surface area is 123 Å². The highest BCUT2D eigenvalue weighted by molar-refractivity contribution is 6.08. The lowest BCUT2D eigenvalue weighted by Gasteiger charge is -2.08. The molecule has 2 nitrogen and oxygen atoms in total. The minimum Gasteiger partial charge on any atom is -0.294 e. The standard InChI is InChI=1S/C19H16O2/c1-11-2-4-12(5-3-11)16-10-14-9-15-13(6-7-18(15)20)8-17(14)19(16)21/h2-5,8-9,16H,6-7,10H2,1H3. The fourth-order valence-electron chi connectivity index (χ4n) is 3.51. The van der Waals surface area contributed by atoms with Crippen LogP contribution in [0.15, 0.2) is 36.4 Å². The molecule has 2 aromatic carbocycles. The number of Topliss-reactive ketones (excluding diaryl/α,β-unsaturated/α-hetero) is 2. The highest BCUT2D eigenvalue weighted by Crippen LogP contribution is 2.37. The SMILES string of the molecule is Cc1ccc(C2Cc3cc4c(cc3C2=O)CCC4=O)cc1. The van der Waals surface area contributed by atoms with E-state index >= 15 is 0 Å². The minimum absolute atomic E-state index is 0.0850. The highest BCUT2D eigenvalue weighted by Gasteiger charge is 2.34. The molecule has 2 aromatic rings. The predicted molar refractivity (Wildman–Crippen MR) is 81.0 cm³/mol. The van der Waals surface area contributed by atoms with E-state index in [9.17, 15) is 9.59 Å². The molecule has 0 aliphatic heterocycles. The first-order valence-electron chi connectivity index (χ1n) is 7.43. The molecular weight excluding hydrogens is 260 g/mol. The maximum atomic E-state index is 12.7. The van der Waals surface area contributed by atoms with Crippen LogP contribution >= 0.6 is 0 Å². The number of aryl methyl sites for hydroxylation is 2. The van der Waals surface area contributed by atoms with Gasteiger partial charge in [0.2, 0.25) is 0 Å². The van der Waals surface area contributed by atoms with E-state index in [-0.39, 0.29) is 17.5 Å². The van der Waals surface area contributed by atoms with E-state index in [2.05, 4.69) is 12.1 Å². The number of carbonyl (C=O) groups excluding carboxylic acids is 2. The van der Waals surface area contributed by atoms with Crippen LogP contribution in [0.3, 0.4) is 0 Å². The van der Waals surface area contributed by atoms with Crippen molar-refractivity contribution in [3.63, 3.8) is 0 Å². The second kappa shape index (κ2) is 4.39. The van der Waals surface area contributed by atoms with Crippen molar-refractivity contribution >= 4 is 11.6 Å². The average molecular weight is 276 g/mol. The van der Waals surface area contributed by atoms with Crippen molar-refractivity contribution in [3.8, 4) is 0 Å². The van der Waals surface area contributed by atoms with Gasteiger partial charge in [0.25, 0.3) is 0 Å². The zero-order chi connectivity index (χ0) is 14.6. The Morgan fingerprint density at radius 1 is 0.905 bits per heavy atom. The van der Waals surface area contributed by atoms with Gasteiger partial charge in [-0.2, -0.15) is 0 Å². The summed E-state index contributed by atoms with van der Waals surface area (Å²) in [4.78, 5) is 24.5. The van der Waals surface area contributed by atoms with Crippen molar-refractivity contribution in [2.75, 3.05) is 0 Å². The molecule has 0 bridgehead atoms. The van der Waals surface area contributed by atoms with Crippen LogP contribution in [0.5, 0.6) is 0 Å². The van der Waals surface area contributed by atoms with Crippen molar-refractivity contribution in [1.29, 1.82) is 0 Å². The maximum Gasteiger partial charge on any atom is 0.170 e. The molecule has 0 amide bonds. The van der Waals surface area contributed by atoms with Crippen molar-refractivity contribution in [2.45, 2.75) is 32.1 Å². The van der Waals surface area contributed by atoms with E-state index in [1.165, 1.54) is 5.56 Å². The molecule has 0 aromatic heterocycles. The van der Waals surface area contributed by atoms with E-state index in [1.807, 2.05) is 31.2 Å². The van der Waals surface area contributed by atoms with Gasteiger partial charge in [0, 0.05) is 17.5 Å². The second-order valence-corrected chi connectivity index (χ2v) is 6.12. The summed E-state index contributed by atoms with van der Waals surface area (Å²) >= 11 is 0. The molecule has 0 radical (unpaired) electrons. The number of ketones is 2. The molecule has 104 valence electrons. The number of hydrogen-bond acceptors (Lipinski definition) is 2. The summed E-state index contributed by atoms with van der Waals surface area (Å²) in [5.74, 6) is 0.341. The summed E-state index contributed by atoms with van der Waals surface area (Å²) in [6.45, 7) is 2.05. The van der Waals surface area contributed by atoms with Gasteiger partial charge in [-0.15, -0.1) is 0 Å². The number of hydrogen-bond donors (Lipinski definition) is 0. The Morgan fingerprint density at radius 2 is 1.62 bits per heavy atom. The summed E-state index contributed by atoms with van der Waals surface area (Å²) in [5, 5.41) is 0. The quantitative estimate of drug-likeness (QED) is 0.796. The van der Waals surface area contributed by atoms with Crippen LogP contribution in [0.25, 0.3) is 0 Å². The predicted octanol–water partition coefficient (Wildman–Crippen LogP) is 3.65. The first kappa shape index (κ1) is 12.5. The van der Waals surface area contributed by atoms with Crippen molar-refractivity contribution in [1.82, 2.24) is 0 Å². The molecule has 4 rings (SSSR count). The molecule has 0 saturated heterocycles. The van der Waals surface area contributed by atoms with E-state index in [0.717, 1.165) is 40.7 Å². The van der Waals surface area contributed by atoms with Crippen molar-refractivity contribution in [2.24, 2.45) is 0 Å². The number of carbonyl (C=O) groups is 2. The fourth-order valence-corrected chi connectivity index (χ4v) is 3.51. The Hall–Kier alpha value is -2.22. The van der Waals surface area contributed by atoms with Crippen LogP contribution in [0.2, 0.25) is 0 Å². The van der Waals surface area contributed by atoms with Gasteiger partial charge in [-0.05, 0) is 48.6 Å². The maximum absolute atomic E-state index is 12.7. The van der Waals surface area contributed by atoms with Crippen LogP contribution in [-0.4, -0.2) is 11.6 Å². The first-order valence-corrected chi connectivity index (χ1v) is 7.43. The third-order valence-electron chi connectivity index (χ3n) is 4.74. The lowest BCUT2D eigenvalue weighted by molar-refractivity contribution is 0.0970. The van der Waals surface area contributed by atoms with E-state index in [1.54, 1.807) is 0 Å². The summed E-state index contributed by atoms with van der Waals surface area (Å²) in [6.07, 6.45) is 2.09. The molecule has 0 spiro atoms. The average Bonchev–Trinajstić information content (AvgIpc) is 3.00. The van der Waals surface area contributed by atoms with E-state index < -0.39 is 0 Å². The summed E-state index contributed by atoms with van der Waals surface area (Å²) in [6, 6.07) is 12.1. The van der Waals surface area contributed by atoms with Gasteiger partial charge < -0.3 is 0 Å². The zero-order valence-corrected chi connectivity index (χ0v) is 12.0. The lowest BCUT2D eigenvalue weighted by atomic mass is 9.94.